The molecule has 9 heteroatoms. The van der Waals surface area contributed by atoms with Gasteiger partial charge in [0, 0.05) is 29.4 Å². The number of hydrogen-bond donors (Lipinski definition) is 1. The fourth-order valence-electron chi connectivity index (χ4n) is 3.32. The molecule has 1 amide bonds. The number of nitrogens with one attached hydrogen (secondary N) is 1. The summed E-state index contributed by atoms with van der Waals surface area (Å²) >= 11 is 6.18. The van der Waals surface area contributed by atoms with Crippen LogP contribution in [0, 0.1) is 20.8 Å². The van der Waals surface area contributed by atoms with Crippen LogP contribution in [0.3, 0.4) is 0 Å². The summed E-state index contributed by atoms with van der Waals surface area (Å²) in [6.45, 7) is 6.37. The zero-order valence-electron chi connectivity index (χ0n) is 18.6. The number of rotatable bonds is 8. The quantitative estimate of drug-likeness (QED) is 0.410. The number of ether oxygens (including phenoxy) is 1. The zero-order valence-corrected chi connectivity index (χ0v) is 19.3. The molecule has 2 aromatic carbocycles. The number of halogens is 4. The molecule has 0 aliphatic carbocycles. The molecule has 3 aromatic rings. The minimum Gasteiger partial charge on any atom is -0.489 e. The van der Waals surface area contributed by atoms with Crippen molar-refractivity contribution in [2.75, 3.05) is 6.54 Å². The van der Waals surface area contributed by atoms with Crippen LogP contribution >= 0.6 is 11.6 Å². The minimum absolute atomic E-state index is 0.250. The number of aromatic nitrogens is 2. The lowest BCUT2D eigenvalue weighted by molar-refractivity contribution is -0.141. The fourth-order valence-corrected chi connectivity index (χ4v) is 3.43. The Morgan fingerprint density at radius 1 is 1.09 bits per heavy atom. The van der Waals surface area contributed by atoms with E-state index in [1.54, 1.807) is 19.1 Å². The number of alkyl halides is 3. The number of aryl methyl sites for hydroxylation is 4. The SMILES string of the molecule is Cc1cc(OCc2ccc(C(=O)NCCCn3nc(C(F)(F)F)cc3C)cc2)cc(C)c1Cl. The van der Waals surface area contributed by atoms with Gasteiger partial charge in [-0.15, -0.1) is 0 Å². The van der Waals surface area contributed by atoms with Gasteiger partial charge < -0.3 is 10.1 Å². The van der Waals surface area contributed by atoms with Gasteiger partial charge in [-0.05, 0) is 74.2 Å². The molecule has 0 unspecified atom stereocenters. The molecular formula is C24H25ClF3N3O2. The Bertz CT molecular complexity index is 1100. The van der Waals surface area contributed by atoms with Crippen molar-refractivity contribution in [1.29, 1.82) is 0 Å². The van der Waals surface area contributed by atoms with E-state index in [1.165, 1.54) is 4.68 Å². The van der Waals surface area contributed by atoms with Gasteiger partial charge in [-0.3, -0.25) is 9.48 Å². The molecule has 5 nitrogen and oxygen atoms in total. The summed E-state index contributed by atoms with van der Waals surface area (Å²) < 4.78 is 45.3. The van der Waals surface area contributed by atoms with Gasteiger partial charge in [0.1, 0.15) is 12.4 Å². The summed E-state index contributed by atoms with van der Waals surface area (Å²) in [5.41, 5.74) is 2.81. The molecule has 0 aliphatic heterocycles. The summed E-state index contributed by atoms with van der Waals surface area (Å²) in [5.74, 6) is 0.477. The highest BCUT2D eigenvalue weighted by Gasteiger charge is 2.34. The molecule has 3 rings (SSSR count). The normalized spacial score (nSPS) is 11.5. The topological polar surface area (TPSA) is 56.1 Å². The van der Waals surface area contributed by atoms with E-state index < -0.39 is 11.9 Å². The predicted octanol–water partition coefficient (Wildman–Crippen LogP) is 5.88. The first-order valence-electron chi connectivity index (χ1n) is 10.4. The van der Waals surface area contributed by atoms with E-state index in [4.69, 9.17) is 16.3 Å². The van der Waals surface area contributed by atoms with Gasteiger partial charge in [-0.1, -0.05) is 23.7 Å². The first kappa shape index (κ1) is 24.6. The summed E-state index contributed by atoms with van der Waals surface area (Å²) in [4.78, 5) is 12.3. The Labute approximate surface area is 195 Å². The van der Waals surface area contributed by atoms with E-state index in [0.29, 0.717) is 30.8 Å². The molecule has 0 aliphatic rings. The number of benzene rings is 2. The molecule has 1 N–H and O–H groups in total. The standard InChI is InChI=1S/C24H25ClF3N3O2/c1-15-11-20(12-16(2)22(15)25)33-14-18-5-7-19(8-6-18)23(32)29-9-4-10-31-17(3)13-21(30-31)24(26,27)28/h5-8,11-13H,4,9-10,14H2,1-3H3,(H,29,32). The monoisotopic (exact) mass is 479 g/mol. The number of amides is 1. The molecule has 0 atom stereocenters. The van der Waals surface area contributed by atoms with Gasteiger partial charge in [0.25, 0.3) is 5.91 Å². The van der Waals surface area contributed by atoms with Crippen LogP contribution in [0.2, 0.25) is 5.02 Å². The van der Waals surface area contributed by atoms with Gasteiger partial charge in [0.15, 0.2) is 5.69 Å². The number of nitrogens with zero attached hydrogens (tertiary/aromatic N) is 2. The molecule has 0 spiro atoms. The smallest absolute Gasteiger partial charge is 0.435 e. The van der Waals surface area contributed by atoms with Crippen LogP contribution in [-0.2, 0) is 19.3 Å². The molecule has 0 fully saturated rings. The maximum Gasteiger partial charge on any atom is 0.435 e. The Hall–Kier alpha value is -3.00. The molecule has 33 heavy (non-hydrogen) atoms. The van der Waals surface area contributed by atoms with Gasteiger partial charge in [0.05, 0.1) is 0 Å². The maximum atomic E-state index is 12.7. The van der Waals surface area contributed by atoms with Gasteiger partial charge in [0.2, 0.25) is 0 Å². The summed E-state index contributed by atoms with van der Waals surface area (Å²) in [6.07, 6.45) is -4.01. The molecule has 1 heterocycles. The average Bonchev–Trinajstić information content (AvgIpc) is 3.14. The van der Waals surface area contributed by atoms with Crippen molar-refractivity contribution in [3.05, 3.63) is 81.1 Å². The largest absolute Gasteiger partial charge is 0.489 e. The van der Waals surface area contributed by atoms with Crippen molar-refractivity contribution in [2.45, 2.75) is 46.5 Å². The van der Waals surface area contributed by atoms with Crippen molar-refractivity contribution >= 4 is 17.5 Å². The maximum absolute atomic E-state index is 12.7. The van der Waals surface area contributed by atoms with Crippen molar-refractivity contribution in [3.8, 4) is 5.75 Å². The van der Waals surface area contributed by atoms with Gasteiger partial charge in [-0.2, -0.15) is 18.3 Å². The molecule has 0 bridgehead atoms. The Morgan fingerprint density at radius 2 is 1.73 bits per heavy atom. The van der Waals surface area contributed by atoms with Gasteiger partial charge in [-0.25, -0.2) is 0 Å². The van der Waals surface area contributed by atoms with E-state index in [0.717, 1.165) is 33.5 Å². The van der Waals surface area contributed by atoms with Crippen LogP contribution in [0.25, 0.3) is 0 Å². The van der Waals surface area contributed by atoms with Crippen LogP contribution in [0.1, 0.15) is 44.9 Å². The second kappa shape index (κ2) is 10.3. The van der Waals surface area contributed by atoms with E-state index in [2.05, 4.69) is 10.4 Å². The molecule has 0 saturated heterocycles. The third-order valence-corrected chi connectivity index (χ3v) is 5.73. The van der Waals surface area contributed by atoms with E-state index in [9.17, 15) is 18.0 Å². The van der Waals surface area contributed by atoms with E-state index in [1.807, 2.05) is 38.1 Å². The van der Waals surface area contributed by atoms with E-state index in [-0.39, 0.29) is 12.5 Å². The third kappa shape index (κ3) is 6.51. The van der Waals surface area contributed by atoms with Crippen molar-refractivity contribution < 1.29 is 22.7 Å². The molecule has 0 radical (unpaired) electrons. The van der Waals surface area contributed by atoms with Gasteiger partial charge >= 0.3 is 6.18 Å². The lowest BCUT2D eigenvalue weighted by atomic mass is 10.1. The predicted molar refractivity (Wildman–Crippen MR) is 121 cm³/mol. The van der Waals surface area contributed by atoms with Crippen LogP contribution in [-0.4, -0.2) is 22.2 Å². The highest BCUT2D eigenvalue weighted by Crippen LogP contribution is 2.28. The first-order valence-corrected chi connectivity index (χ1v) is 10.8. The van der Waals surface area contributed by atoms with Crippen molar-refractivity contribution in [1.82, 2.24) is 15.1 Å². The number of carbonyl (C=O) groups is 1. The Morgan fingerprint density at radius 3 is 2.30 bits per heavy atom. The Kier molecular flexibility index (Phi) is 7.68. The van der Waals surface area contributed by atoms with Crippen molar-refractivity contribution in [2.24, 2.45) is 0 Å². The van der Waals surface area contributed by atoms with Crippen LogP contribution in [0.4, 0.5) is 13.2 Å². The van der Waals surface area contributed by atoms with Crippen LogP contribution in [0.15, 0.2) is 42.5 Å². The molecule has 176 valence electrons. The first-order chi connectivity index (χ1) is 15.5. The number of hydrogen-bond acceptors (Lipinski definition) is 3. The molecule has 1 aromatic heterocycles. The lowest BCUT2D eigenvalue weighted by Crippen LogP contribution is -2.25. The summed E-state index contributed by atoms with van der Waals surface area (Å²) in [6, 6.07) is 11.8. The molecule has 0 saturated carbocycles. The highest BCUT2D eigenvalue weighted by molar-refractivity contribution is 6.32. The molecular weight excluding hydrogens is 455 g/mol. The summed E-state index contributed by atoms with van der Waals surface area (Å²) in [5, 5.41) is 7.08. The van der Waals surface area contributed by atoms with Crippen molar-refractivity contribution in [3.63, 3.8) is 0 Å². The third-order valence-electron chi connectivity index (χ3n) is 5.14. The summed E-state index contributed by atoms with van der Waals surface area (Å²) in [7, 11) is 0. The van der Waals surface area contributed by atoms with E-state index >= 15 is 0 Å². The lowest BCUT2D eigenvalue weighted by Gasteiger charge is -2.11. The fraction of sp³-hybridized carbons (Fsp3) is 0.333. The highest BCUT2D eigenvalue weighted by atomic mass is 35.5. The van der Waals surface area contributed by atoms with Crippen LogP contribution < -0.4 is 10.1 Å². The Balaban J connectivity index is 1.46. The zero-order chi connectivity index (χ0) is 24.2. The second-order valence-corrected chi connectivity index (χ2v) is 8.24. The second-order valence-electron chi connectivity index (χ2n) is 7.86. The van der Waals surface area contributed by atoms with Crippen LogP contribution in [0.5, 0.6) is 5.75 Å². The minimum atomic E-state index is -4.46. The average molecular weight is 480 g/mol. The number of carbonyl (C=O) groups excluding carboxylic acids is 1.